The Kier molecular flexibility index (Phi) is 4.82. The highest BCUT2D eigenvalue weighted by atomic mass is 16.1. The van der Waals surface area contributed by atoms with Crippen LogP contribution in [0.1, 0.15) is 64.8 Å². The van der Waals surface area contributed by atoms with E-state index >= 15 is 0 Å². The van der Waals surface area contributed by atoms with E-state index < -0.39 is 0 Å². The fourth-order valence-electron chi connectivity index (χ4n) is 3.54. The summed E-state index contributed by atoms with van der Waals surface area (Å²) >= 11 is 0. The average Bonchev–Trinajstić information content (AvgIpc) is 2.52. The van der Waals surface area contributed by atoms with Crippen LogP contribution in [0.25, 0.3) is 11.4 Å². The smallest absolute Gasteiger partial charge is 0.221 e. The van der Waals surface area contributed by atoms with Crippen LogP contribution >= 0.6 is 0 Å². The van der Waals surface area contributed by atoms with Crippen molar-refractivity contribution in [2.24, 2.45) is 10.8 Å². The third-order valence-corrected chi connectivity index (χ3v) is 4.62. The number of aromatic nitrogens is 3. The molecule has 5 nitrogen and oxygen atoms in total. The zero-order chi connectivity index (χ0) is 18.9. The van der Waals surface area contributed by atoms with E-state index in [1.54, 1.807) is 12.4 Å². The first-order chi connectivity index (χ1) is 12.1. The molecule has 1 amide bonds. The number of hydrogen-bond acceptors (Lipinski definition) is 4. The van der Waals surface area contributed by atoms with Gasteiger partial charge in [0, 0.05) is 36.1 Å². The minimum absolute atomic E-state index is 0.0300. The van der Waals surface area contributed by atoms with Crippen LogP contribution in [0.4, 0.5) is 0 Å². The van der Waals surface area contributed by atoms with Crippen molar-refractivity contribution in [2.75, 3.05) is 0 Å². The van der Waals surface area contributed by atoms with Crippen molar-refractivity contribution in [1.82, 2.24) is 20.3 Å². The zero-order valence-corrected chi connectivity index (χ0v) is 16.3. The van der Waals surface area contributed by atoms with E-state index in [4.69, 9.17) is 4.98 Å². The SMILES string of the molecule is CC(C)(C)CC(=O)N[C@H]1CC(C)(C)Cc2nc(-c3cccnc3)ncc21. The monoisotopic (exact) mass is 352 g/mol. The van der Waals surface area contributed by atoms with Crippen molar-refractivity contribution < 1.29 is 4.79 Å². The summed E-state index contributed by atoms with van der Waals surface area (Å²) in [5, 5.41) is 3.22. The molecule has 0 fully saturated rings. The van der Waals surface area contributed by atoms with Crippen LogP contribution in [0.5, 0.6) is 0 Å². The lowest BCUT2D eigenvalue weighted by atomic mass is 9.74. The quantitative estimate of drug-likeness (QED) is 0.903. The number of pyridine rings is 1. The Balaban J connectivity index is 1.89. The summed E-state index contributed by atoms with van der Waals surface area (Å²) in [5.41, 5.74) is 3.02. The second-order valence-corrected chi connectivity index (χ2v) is 9.24. The molecule has 138 valence electrons. The summed E-state index contributed by atoms with van der Waals surface area (Å²) in [6.07, 6.45) is 7.68. The molecule has 3 rings (SSSR count). The number of amides is 1. The summed E-state index contributed by atoms with van der Waals surface area (Å²) in [6, 6.07) is 3.81. The number of fused-ring (bicyclic) bond motifs is 1. The van der Waals surface area contributed by atoms with Crippen molar-refractivity contribution in [3.8, 4) is 11.4 Å². The molecule has 1 aliphatic carbocycles. The van der Waals surface area contributed by atoms with Crippen LogP contribution in [-0.4, -0.2) is 20.9 Å². The van der Waals surface area contributed by atoms with Gasteiger partial charge >= 0.3 is 0 Å². The van der Waals surface area contributed by atoms with Crippen molar-refractivity contribution in [1.29, 1.82) is 0 Å². The molecule has 2 aromatic heterocycles. The maximum absolute atomic E-state index is 12.5. The highest BCUT2D eigenvalue weighted by Crippen LogP contribution is 2.40. The normalized spacial score (nSPS) is 18.9. The van der Waals surface area contributed by atoms with Crippen LogP contribution in [0.3, 0.4) is 0 Å². The lowest BCUT2D eigenvalue weighted by Crippen LogP contribution is -2.38. The van der Waals surface area contributed by atoms with Gasteiger partial charge in [-0.3, -0.25) is 9.78 Å². The van der Waals surface area contributed by atoms with E-state index in [-0.39, 0.29) is 22.8 Å². The van der Waals surface area contributed by atoms with Crippen molar-refractivity contribution in [2.45, 2.75) is 59.9 Å². The summed E-state index contributed by atoms with van der Waals surface area (Å²) in [4.78, 5) is 26.0. The minimum atomic E-state index is -0.0356. The molecule has 2 heterocycles. The Hall–Kier alpha value is -2.30. The molecular weight excluding hydrogens is 324 g/mol. The molecule has 26 heavy (non-hydrogen) atoms. The Bertz CT molecular complexity index is 793. The summed E-state index contributed by atoms with van der Waals surface area (Å²) in [6.45, 7) is 10.7. The van der Waals surface area contributed by atoms with Gasteiger partial charge in [-0.15, -0.1) is 0 Å². The van der Waals surface area contributed by atoms with Crippen LogP contribution in [-0.2, 0) is 11.2 Å². The molecule has 5 heteroatoms. The first-order valence-electron chi connectivity index (χ1n) is 9.19. The largest absolute Gasteiger partial charge is 0.349 e. The molecule has 1 atom stereocenters. The second-order valence-electron chi connectivity index (χ2n) is 9.24. The number of carbonyl (C=O) groups excluding carboxylic acids is 1. The Morgan fingerprint density at radius 2 is 2.08 bits per heavy atom. The number of nitrogens with one attached hydrogen (secondary N) is 1. The number of nitrogens with zero attached hydrogens (tertiary/aromatic N) is 3. The lowest BCUT2D eigenvalue weighted by molar-refractivity contribution is -0.123. The highest BCUT2D eigenvalue weighted by molar-refractivity contribution is 5.77. The number of rotatable bonds is 3. The Morgan fingerprint density at radius 1 is 1.31 bits per heavy atom. The first kappa shape index (κ1) is 18.5. The van der Waals surface area contributed by atoms with Gasteiger partial charge in [0.2, 0.25) is 5.91 Å². The maximum atomic E-state index is 12.5. The predicted octanol–water partition coefficient (Wildman–Crippen LogP) is 4.10. The molecule has 0 bridgehead atoms. The van der Waals surface area contributed by atoms with Gasteiger partial charge in [0.05, 0.1) is 11.7 Å². The highest BCUT2D eigenvalue weighted by Gasteiger charge is 2.35. The molecule has 0 unspecified atom stereocenters. The van der Waals surface area contributed by atoms with Gasteiger partial charge in [0.25, 0.3) is 0 Å². The van der Waals surface area contributed by atoms with Gasteiger partial charge in [0.1, 0.15) is 0 Å². The third kappa shape index (κ3) is 4.45. The van der Waals surface area contributed by atoms with Gasteiger partial charge in [-0.05, 0) is 35.8 Å². The molecule has 2 aromatic rings. The average molecular weight is 352 g/mol. The van der Waals surface area contributed by atoms with Crippen LogP contribution in [0.2, 0.25) is 0 Å². The van der Waals surface area contributed by atoms with E-state index in [0.29, 0.717) is 12.2 Å². The van der Waals surface area contributed by atoms with E-state index in [0.717, 1.165) is 29.7 Å². The van der Waals surface area contributed by atoms with E-state index in [1.165, 1.54) is 0 Å². The fourth-order valence-corrected chi connectivity index (χ4v) is 3.54. The molecule has 0 aliphatic heterocycles. The lowest BCUT2D eigenvalue weighted by Gasteiger charge is -2.37. The molecule has 0 saturated heterocycles. The van der Waals surface area contributed by atoms with Gasteiger partial charge in [0.15, 0.2) is 5.82 Å². The van der Waals surface area contributed by atoms with Gasteiger partial charge < -0.3 is 5.32 Å². The molecule has 0 saturated carbocycles. The molecule has 1 N–H and O–H groups in total. The minimum Gasteiger partial charge on any atom is -0.349 e. The van der Waals surface area contributed by atoms with Crippen LogP contribution < -0.4 is 5.32 Å². The Morgan fingerprint density at radius 3 is 2.73 bits per heavy atom. The van der Waals surface area contributed by atoms with Crippen LogP contribution in [0.15, 0.2) is 30.7 Å². The first-order valence-corrected chi connectivity index (χ1v) is 9.19. The molecular formula is C21H28N4O. The van der Waals surface area contributed by atoms with Crippen molar-refractivity contribution >= 4 is 5.91 Å². The molecule has 0 radical (unpaired) electrons. The number of carbonyl (C=O) groups is 1. The van der Waals surface area contributed by atoms with Gasteiger partial charge in [-0.25, -0.2) is 9.97 Å². The van der Waals surface area contributed by atoms with Crippen molar-refractivity contribution in [3.05, 3.63) is 42.0 Å². The predicted molar refractivity (Wildman–Crippen MR) is 102 cm³/mol. The molecule has 0 spiro atoms. The second kappa shape index (κ2) is 6.78. The zero-order valence-electron chi connectivity index (χ0n) is 16.3. The van der Waals surface area contributed by atoms with Crippen LogP contribution in [0, 0.1) is 10.8 Å². The summed E-state index contributed by atoms with van der Waals surface area (Å²) in [5.74, 6) is 0.775. The summed E-state index contributed by atoms with van der Waals surface area (Å²) < 4.78 is 0. The van der Waals surface area contributed by atoms with Gasteiger partial charge in [-0.2, -0.15) is 0 Å². The van der Waals surface area contributed by atoms with E-state index in [9.17, 15) is 4.79 Å². The van der Waals surface area contributed by atoms with Crippen molar-refractivity contribution in [3.63, 3.8) is 0 Å². The molecule has 0 aromatic carbocycles. The summed E-state index contributed by atoms with van der Waals surface area (Å²) in [7, 11) is 0. The number of hydrogen-bond donors (Lipinski definition) is 1. The van der Waals surface area contributed by atoms with E-state index in [2.05, 4.69) is 49.9 Å². The Labute approximate surface area is 155 Å². The van der Waals surface area contributed by atoms with E-state index in [1.807, 2.05) is 18.3 Å². The maximum Gasteiger partial charge on any atom is 0.221 e. The van der Waals surface area contributed by atoms with Gasteiger partial charge in [-0.1, -0.05) is 34.6 Å². The molecule has 1 aliphatic rings. The topological polar surface area (TPSA) is 67.8 Å². The standard InChI is InChI=1S/C21H28N4O/c1-20(2,3)11-18(26)24-16-9-21(4,5)10-17-15(16)13-23-19(25-17)14-7-6-8-22-12-14/h6-8,12-13,16H,9-11H2,1-5H3,(H,24,26)/t16-/m0/s1. The fraction of sp³-hybridized carbons (Fsp3) is 0.524. The third-order valence-electron chi connectivity index (χ3n) is 4.62.